The predicted molar refractivity (Wildman–Crippen MR) is 127 cm³/mol. The zero-order chi connectivity index (χ0) is 21.6. The van der Waals surface area contributed by atoms with Gasteiger partial charge >= 0.3 is 5.97 Å². The van der Waals surface area contributed by atoms with Crippen LogP contribution in [0.15, 0.2) is 42.5 Å². The second-order valence-corrected chi connectivity index (χ2v) is 8.71. The van der Waals surface area contributed by atoms with Crippen molar-refractivity contribution < 1.29 is 9.90 Å². The van der Waals surface area contributed by atoms with Gasteiger partial charge in [0.05, 0.1) is 18.7 Å². The van der Waals surface area contributed by atoms with Crippen molar-refractivity contribution in [3.05, 3.63) is 70.3 Å². The maximum atomic E-state index is 11.8. The summed E-state index contributed by atoms with van der Waals surface area (Å²) in [5, 5.41) is 9.68. The molecule has 0 unspecified atom stereocenters. The molecular weight excluding hydrogens is 392 g/mol. The highest BCUT2D eigenvalue weighted by atomic mass is 32.2. The molecule has 3 aromatic carbocycles. The number of carbonyl (C=O) groups is 1. The van der Waals surface area contributed by atoms with Gasteiger partial charge < -0.3 is 15.1 Å². The summed E-state index contributed by atoms with van der Waals surface area (Å²) in [6.45, 7) is 6.97. The van der Waals surface area contributed by atoms with Crippen LogP contribution >= 0.6 is 11.9 Å². The third-order valence-electron chi connectivity index (χ3n) is 5.95. The molecule has 0 atom stereocenters. The van der Waals surface area contributed by atoms with Crippen molar-refractivity contribution in [1.29, 1.82) is 0 Å². The Balaban J connectivity index is 2.11. The lowest BCUT2D eigenvalue weighted by atomic mass is 9.81. The first-order chi connectivity index (χ1) is 14.3. The molecule has 3 aromatic rings. The van der Waals surface area contributed by atoms with E-state index in [4.69, 9.17) is 5.73 Å². The summed E-state index contributed by atoms with van der Waals surface area (Å²) in [4.78, 5) is 11.8. The van der Waals surface area contributed by atoms with Crippen LogP contribution in [0, 0.1) is 20.8 Å². The van der Waals surface area contributed by atoms with E-state index in [1.54, 1.807) is 11.9 Å². The number of hydrogen-bond acceptors (Lipinski definition) is 4. The fourth-order valence-electron chi connectivity index (χ4n) is 4.55. The average molecular weight is 419 g/mol. The maximum absolute atomic E-state index is 11.8. The van der Waals surface area contributed by atoms with Crippen LogP contribution in [0.4, 0.5) is 11.4 Å². The molecule has 154 valence electrons. The minimum absolute atomic E-state index is 0.0000208. The third-order valence-corrected chi connectivity index (χ3v) is 6.70. The molecular formula is C25H26N2O2S. The lowest BCUT2D eigenvalue weighted by Gasteiger charge is -2.35. The van der Waals surface area contributed by atoms with Crippen LogP contribution in [0.1, 0.15) is 27.8 Å². The van der Waals surface area contributed by atoms with E-state index < -0.39 is 5.97 Å². The van der Waals surface area contributed by atoms with E-state index in [2.05, 4.69) is 61.7 Å². The first kappa shape index (κ1) is 20.4. The van der Waals surface area contributed by atoms with Gasteiger partial charge in [-0.25, -0.2) is 0 Å². The van der Waals surface area contributed by atoms with Gasteiger partial charge in [-0.05, 0) is 71.8 Å². The summed E-state index contributed by atoms with van der Waals surface area (Å²) in [6.07, 6.45) is 2.06. The summed E-state index contributed by atoms with van der Waals surface area (Å²) < 4.78 is 2.25. The van der Waals surface area contributed by atoms with E-state index in [0.29, 0.717) is 0 Å². The van der Waals surface area contributed by atoms with E-state index in [9.17, 15) is 9.90 Å². The first-order valence-corrected chi connectivity index (χ1v) is 11.1. The van der Waals surface area contributed by atoms with Crippen molar-refractivity contribution in [2.75, 3.05) is 16.3 Å². The lowest BCUT2D eigenvalue weighted by molar-refractivity contribution is -0.136. The van der Waals surface area contributed by atoms with Crippen molar-refractivity contribution in [3.8, 4) is 22.3 Å². The molecule has 1 aliphatic heterocycles. The summed E-state index contributed by atoms with van der Waals surface area (Å²) in [5.74, 6) is -0.814. The first-order valence-electron chi connectivity index (χ1n) is 9.97. The summed E-state index contributed by atoms with van der Waals surface area (Å²) in [5.41, 5.74) is 17.8. The van der Waals surface area contributed by atoms with Crippen LogP contribution in [-0.2, 0) is 17.8 Å². The molecule has 0 aromatic heterocycles. The maximum Gasteiger partial charge on any atom is 0.307 e. The van der Waals surface area contributed by atoms with Gasteiger partial charge in [0.25, 0.3) is 0 Å². The van der Waals surface area contributed by atoms with Crippen LogP contribution in [0.25, 0.3) is 22.3 Å². The van der Waals surface area contributed by atoms with Crippen molar-refractivity contribution in [2.45, 2.75) is 33.7 Å². The molecule has 0 bridgehead atoms. The van der Waals surface area contributed by atoms with E-state index >= 15 is 0 Å². The molecule has 0 amide bonds. The van der Waals surface area contributed by atoms with Crippen molar-refractivity contribution in [1.82, 2.24) is 0 Å². The normalized spacial score (nSPS) is 12.5. The van der Waals surface area contributed by atoms with Gasteiger partial charge in [0.2, 0.25) is 0 Å². The van der Waals surface area contributed by atoms with E-state index in [-0.39, 0.29) is 6.42 Å². The number of rotatable bonds is 4. The molecule has 0 aliphatic carbocycles. The highest BCUT2D eigenvalue weighted by Gasteiger charge is 2.30. The number of aryl methyl sites for hydroxylation is 1. The second-order valence-electron chi connectivity index (χ2n) is 7.90. The Hall–Kier alpha value is -2.92. The number of nitrogen functional groups attached to an aromatic ring is 1. The number of carboxylic acid groups (broad SMARTS) is 1. The zero-order valence-corrected chi connectivity index (χ0v) is 18.6. The average Bonchev–Trinajstić information content (AvgIpc) is 2.71. The van der Waals surface area contributed by atoms with Crippen molar-refractivity contribution in [2.24, 2.45) is 0 Å². The molecule has 3 N–H and O–H groups in total. The van der Waals surface area contributed by atoms with Crippen molar-refractivity contribution >= 4 is 29.3 Å². The number of fused-ring (bicyclic) bond motifs is 3. The quantitative estimate of drug-likeness (QED) is 0.417. The summed E-state index contributed by atoms with van der Waals surface area (Å²) in [7, 11) is 0. The summed E-state index contributed by atoms with van der Waals surface area (Å²) >= 11 is 1.66. The Morgan fingerprint density at radius 2 is 1.77 bits per heavy atom. The monoisotopic (exact) mass is 418 g/mol. The number of nitrogens with two attached hydrogens (primary N) is 1. The van der Waals surface area contributed by atoms with Gasteiger partial charge in [-0.1, -0.05) is 47.8 Å². The Kier molecular flexibility index (Phi) is 5.24. The Bertz CT molecular complexity index is 1150. The molecule has 5 heteroatoms. The minimum Gasteiger partial charge on any atom is -0.481 e. The fraction of sp³-hybridized carbons (Fsp3) is 0.240. The number of benzene rings is 3. The third kappa shape index (κ3) is 3.33. The number of nitrogens with zero attached hydrogens (tertiary/aromatic N) is 1. The minimum atomic E-state index is -0.814. The highest BCUT2D eigenvalue weighted by Crippen LogP contribution is 2.50. The Labute approximate surface area is 181 Å². The molecule has 1 aliphatic rings. The molecule has 0 saturated carbocycles. The topological polar surface area (TPSA) is 66.6 Å². The predicted octanol–water partition coefficient (Wildman–Crippen LogP) is 5.75. The zero-order valence-electron chi connectivity index (χ0n) is 17.7. The van der Waals surface area contributed by atoms with E-state index in [1.807, 2.05) is 12.1 Å². The van der Waals surface area contributed by atoms with Crippen molar-refractivity contribution in [3.63, 3.8) is 0 Å². The smallest absolute Gasteiger partial charge is 0.307 e. The van der Waals surface area contributed by atoms with Gasteiger partial charge in [0, 0.05) is 17.5 Å². The molecule has 4 rings (SSSR count). The van der Waals surface area contributed by atoms with Crippen LogP contribution in [0.5, 0.6) is 0 Å². The van der Waals surface area contributed by atoms with Gasteiger partial charge in [-0.2, -0.15) is 0 Å². The molecule has 1 heterocycles. The number of hydrogen-bond donors (Lipinski definition) is 2. The highest BCUT2D eigenvalue weighted by molar-refractivity contribution is 7.99. The van der Waals surface area contributed by atoms with Crippen LogP contribution in [0.2, 0.25) is 0 Å². The number of carboxylic acids is 1. The molecule has 30 heavy (non-hydrogen) atoms. The van der Waals surface area contributed by atoms with E-state index in [1.165, 1.54) is 22.3 Å². The van der Waals surface area contributed by atoms with Crippen LogP contribution in [0.3, 0.4) is 0 Å². The molecule has 0 spiro atoms. The number of aliphatic carboxylic acids is 1. The summed E-state index contributed by atoms with van der Waals surface area (Å²) in [6, 6.07) is 14.4. The molecule has 0 fully saturated rings. The van der Waals surface area contributed by atoms with Gasteiger partial charge in [0.1, 0.15) is 0 Å². The van der Waals surface area contributed by atoms with E-state index in [0.717, 1.165) is 45.7 Å². The lowest BCUT2D eigenvalue weighted by Crippen LogP contribution is -2.22. The Morgan fingerprint density at radius 3 is 2.40 bits per heavy atom. The van der Waals surface area contributed by atoms with Gasteiger partial charge in [0.15, 0.2) is 0 Å². The number of anilines is 2. The van der Waals surface area contributed by atoms with Gasteiger partial charge in [-0.3, -0.25) is 4.79 Å². The fourth-order valence-corrected chi connectivity index (χ4v) is 5.23. The standard InChI is InChI=1S/C25H26N2O2S/c1-14-5-7-17(8-6-14)23-16(3)24-20-10-9-19(26)11-18(20)13-27(30-4)25(24)15(2)21(23)12-22(28)29/h5-11H,12-13,26H2,1-4H3,(H,28,29). The van der Waals surface area contributed by atoms with Crippen LogP contribution in [-0.4, -0.2) is 17.3 Å². The molecule has 0 saturated heterocycles. The Morgan fingerprint density at radius 1 is 1.07 bits per heavy atom. The largest absolute Gasteiger partial charge is 0.481 e. The second kappa shape index (κ2) is 7.73. The SMILES string of the molecule is CSN1Cc2cc(N)ccc2-c2c(C)c(-c3ccc(C)cc3)c(CC(=O)O)c(C)c21. The molecule has 0 radical (unpaired) electrons. The van der Waals surface area contributed by atoms with Gasteiger partial charge in [-0.15, -0.1) is 0 Å². The van der Waals surface area contributed by atoms with Crippen LogP contribution < -0.4 is 10.0 Å². The molecule has 4 nitrogen and oxygen atoms in total.